The van der Waals surface area contributed by atoms with Crippen molar-refractivity contribution >= 4 is 11.8 Å². The molecule has 0 spiro atoms. The Morgan fingerprint density at radius 1 is 1.33 bits per heavy atom. The van der Waals surface area contributed by atoms with Crippen molar-refractivity contribution in [3.63, 3.8) is 0 Å². The number of fused-ring (bicyclic) bond motifs is 1. The van der Waals surface area contributed by atoms with E-state index in [1.165, 1.54) is 5.56 Å². The quantitative estimate of drug-likeness (QED) is 0.731. The maximum absolute atomic E-state index is 8.38. The van der Waals surface area contributed by atoms with Crippen LogP contribution in [0.25, 0.3) is 0 Å². The first kappa shape index (κ1) is 10.2. The van der Waals surface area contributed by atoms with Crippen LogP contribution in [-0.2, 0) is 6.42 Å². The summed E-state index contributed by atoms with van der Waals surface area (Å²) in [6.07, 6.45) is 0.961. The lowest BCUT2D eigenvalue weighted by molar-refractivity contribution is 0.174. The summed E-state index contributed by atoms with van der Waals surface area (Å²) >= 11 is 1.65. The molecule has 0 aromatic heterocycles. The number of benzene rings is 1. The highest BCUT2D eigenvalue weighted by Crippen LogP contribution is 2.32. The number of hydrogen-bond acceptors (Lipinski definition) is 4. The summed E-state index contributed by atoms with van der Waals surface area (Å²) in [5.41, 5.74) is 1.23. The normalized spacial score (nSPS) is 12.5. The highest BCUT2D eigenvalue weighted by molar-refractivity contribution is 7.99. The van der Waals surface area contributed by atoms with Gasteiger partial charge in [-0.25, -0.2) is 0 Å². The minimum atomic E-state index is 0.321. The van der Waals surface area contributed by atoms with Crippen LogP contribution in [0, 0.1) is 11.3 Å². The topological polar surface area (TPSA) is 42.2 Å². The first-order valence-corrected chi connectivity index (χ1v) is 5.89. The van der Waals surface area contributed by atoms with Gasteiger partial charge in [0.05, 0.1) is 11.8 Å². The van der Waals surface area contributed by atoms with E-state index in [2.05, 4.69) is 6.07 Å². The molecule has 0 N–H and O–H groups in total. The van der Waals surface area contributed by atoms with Crippen LogP contribution in [0.15, 0.2) is 18.2 Å². The van der Waals surface area contributed by atoms with E-state index < -0.39 is 0 Å². The van der Waals surface area contributed by atoms with Gasteiger partial charge in [0.15, 0.2) is 11.5 Å². The number of thioether (sulfide) groups is 1. The second-order valence-corrected chi connectivity index (χ2v) is 4.25. The number of nitriles is 1. The summed E-state index contributed by atoms with van der Waals surface area (Å²) < 4.78 is 10.5. The SMILES string of the molecule is N#CCSCCc1ccc2c(c1)OCO2. The monoisotopic (exact) mass is 221 g/mol. The fourth-order valence-corrected chi connectivity index (χ4v) is 2.02. The second-order valence-electron chi connectivity index (χ2n) is 3.15. The summed E-state index contributed by atoms with van der Waals surface area (Å²) in [7, 11) is 0. The minimum absolute atomic E-state index is 0.321. The van der Waals surface area contributed by atoms with E-state index in [1.807, 2.05) is 18.2 Å². The lowest BCUT2D eigenvalue weighted by Crippen LogP contribution is -1.93. The predicted octanol–water partition coefficient (Wildman–Crippen LogP) is 2.21. The summed E-state index contributed by atoms with van der Waals surface area (Å²) in [5, 5.41) is 8.38. The van der Waals surface area contributed by atoms with Gasteiger partial charge in [-0.1, -0.05) is 6.07 Å². The largest absolute Gasteiger partial charge is 0.454 e. The van der Waals surface area contributed by atoms with Crippen LogP contribution in [0.4, 0.5) is 0 Å². The van der Waals surface area contributed by atoms with Crippen LogP contribution in [0.2, 0.25) is 0 Å². The van der Waals surface area contributed by atoms with Crippen LogP contribution in [0.5, 0.6) is 11.5 Å². The molecule has 1 heterocycles. The molecule has 78 valence electrons. The maximum atomic E-state index is 8.38. The lowest BCUT2D eigenvalue weighted by Gasteiger charge is -2.01. The lowest BCUT2D eigenvalue weighted by atomic mass is 10.1. The molecule has 0 fully saturated rings. The first-order valence-electron chi connectivity index (χ1n) is 4.73. The Morgan fingerprint density at radius 3 is 3.07 bits per heavy atom. The molecule has 3 nitrogen and oxygen atoms in total. The molecular formula is C11H11NO2S. The number of rotatable bonds is 4. The van der Waals surface area contributed by atoms with Gasteiger partial charge in [-0.3, -0.25) is 0 Å². The van der Waals surface area contributed by atoms with Gasteiger partial charge in [0, 0.05) is 0 Å². The van der Waals surface area contributed by atoms with Crippen molar-refractivity contribution < 1.29 is 9.47 Å². The summed E-state index contributed by atoms with van der Waals surface area (Å²) in [6, 6.07) is 8.10. The second kappa shape index (κ2) is 4.94. The number of aryl methyl sites for hydroxylation is 1. The summed E-state index contributed by atoms with van der Waals surface area (Å²) in [6.45, 7) is 0.321. The zero-order valence-corrected chi connectivity index (χ0v) is 9.05. The molecule has 1 aliphatic heterocycles. The molecule has 0 aliphatic carbocycles. The Kier molecular flexibility index (Phi) is 3.36. The van der Waals surface area contributed by atoms with Crippen LogP contribution in [-0.4, -0.2) is 18.3 Å². The zero-order valence-electron chi connectivity index (χ0n) is 8.23. The molecule has 0 radical (unpaired) electrons. The molecule has 0 amide bonds. The molecular weight excluding hydrogens is 210 g/mol. The Morgan fingerprint density at radius 2 is 2.20 bits per heavy atom. The van der Waals surface area contributed by atoms with Crippen molar-refractivity contribution in [2.75, 3.05) is 18.3 Å². The molecule has 4 heteroatoms. The number of hydrogen-bond donors (Lipinski definition) is 0. The van der Waals surface area contributed by atoms with Crippen molar-refractivity contribution in [1.29, 1.82) is 5.26 Å². The highest BCUT2D eigenvalue weighted by atomic mass is 32.2. The van der Waals surface area contributed by atoms with Gasteiger partial charge in [0.2, 0.25) is 6.79 Å². The Labute approximate surface area is 93.0 Å². The van der Waals surface area contributed by atoms with Crippen LogP contribution in [0.3, 0.4) is 0 Å². The molecule has 1 aromatic carbocycles. The fourth-order valence-electron chi connectivity index (χ4n) is 1.40. The van der Waals surface area contributed by atoms with E-state index in [0.717, 1.165) is 23.7 Å². The molecule has 0 atom stereocenters. The van der Waals surface area contributed by atoms with Gasteiger partial charge < -0.3 is 9.47 Å². The molecule has 1 aromatic rings. The highest BCUT2D eigenvalue weighted by Gasteiger charge is 2.12. The third kappa shape index (κ3) is 2.57. The maximum Gasteiger partial charge on any atom is 0.231 e. The van der Waals surface area contributed by atoms with E-state index in [9.17, 15) is 0 Å². The molecule has 0 unspecified atom stereocenters. The van der Waals surface area contributed by atoms with E-state index in [1.54, 1.807) is 11.8 Å². The molecule has 0 bridgehead atoms. The summed E-state index contributed by atoms with van der Waals surface area (Å²) in [4.78, 5) is 0. The van der Waals surface area contributed by atoms with Crippen LogP contribution >= 0.6 is 11.8 Å². The third-order valence-corrected chi connectivity index (χ3v) is 2.96. The van der Waals surface area contributed by atoms with Crippen molar-refractivity contribution in [3.05, 3.63) is 23.8 Å². The van der Waals surface area contributed by atoms with Crippen LogP contribution < -0.4 is 9.47 Å². The smallest absolute Gasteiger partial charge is 0.231 e. The molecule has 0 saturated carbocycles. The van der Waals surface area contributed by atoms with Crippen molar-refractivity contribution in [3.8, 4) is 17.6 Å². The van der Waals surface area contributed by atoms with Gasteiger partial charge in [-0.2, -0.15) is 5.26 Å². The Hall–Kier alpha value is -1.34. The van der Waals surface area contributed by atoms with E-state index in [4.69, 9.17) is 14.7 Å². The van der Waals surface area contributed by atoms with Gasteiger partial charge in [-0.05, 0) is 29.9 Å². The predicted molar refractivity (Wildman–Crippen MR) is 59.2 cm³/mol. The third-order valence-electron chi connectivity index (χ3n) is 2.14. The van der Waals surface area contributed by atoms with Crippen molar-refractivity contribution in [2.24, 2.45) is 0 Å². The van der Waals surface area contributed by atoms with Gasteiger partial charge in [-0.15, -0.1) is 11.8 Å². The van der Waals surface area contributed by atoms with E-state index in [0.29, 0.717) is 12.5 Å². The molecule has 0 saturated heterocycles. The average molecular weight is 221 g/mol. The summed E-state index contributed by atoms with van der Waals surface area (Å²) in [5.74, 6) is 3.18. The van der Waals surface area contributed by atoms with Gasteiger partial charge >= 0.3 is 0 Å². The van der Waals surface area contributed by atoms with Gasteiger partial charge in [0.25, 0.3) is 0 Å². The number of ether oxygens (including phenoxy) is 2. The first-order chi connectivity index (χ1) is 7.40. The number of nitrogens with zero attached hydrogens (tertiary/aromatic N) is 1. The average Bonchev–Trinajstić information content (AvgIpc) is 2.71. The van der Waals surface area contributed by atoms with Gasteiger partial charge in [0.1, 0.15) is 0 Å². The molecule has 2 rings (SSSR count). The minimum Gasteiger partial charge on any atom is -0.454 e. The molecule has 15 heavy (non-hydrogen) atoms. The van der Waals surface area contributed by atoms with Crippen molar-refractivity contribution in [2.45, 2.75) is 6.42 Å². The Bertz CT molecular complexity index is 387. The van der Waals surface area contributed by atoms with E-state index in [-0.39, 0.29) is 0 Å². The van der Waals surface area contributed by atoms with Crippen molar-refractivity contribution in [1.82, 2.24) is 0 Å². The fraction of sp³-hybridized carbons (Fsp3) is 0.364. The molecule has 1 aliphatic rings. The van der Waals surface area contributed by atoms with Crippen LogP contribution in [0.1, 0.15) is 5.56 Å². The standard InChI is InChI=1S/C11H11NO2S/c12-4-6-15-5-3-9-1-2-10-11(7-9)14-8-13-10/h1-2,7H,3,5-6,8H2. The van der Waals surface area contributed by atoms with E-state index >= 15 is 0 Å². The Balaban J connectivity index is 1.90. The zero-order chi connectivity index (χ0) is 10.5.